The molecule has 80 valence electrons. The number of fused-ring (bicyclic) bond motifs is 1. The van der Waals surface area contributed by atoms with Crippen LogP contribution in [0.4, 0.5) is 0 Å². The van der Waals surface area contributed by atoms with Crippen molar-refractivity contribution in [2.75, 3.05) is 6.61 Å². The average molecular weight is 205 g/mol. The minimum atomic E-state index is -0.465. The standard InChI is InChI=1S/C12H15NO2/c1-3-15-10-4-5-11-9(6-10)7-12(13-11)8(2)14/h4-8,13-14H,3H2,1-2H3. The van der Waals surface area contributed by atoms with Crippen LogP contribution < -0.4 is 4.74 Å². The Morgan fingerprint density at radius 2 is 2.20 bits per heavy atom. The monoisotopic (exact) mass is 205 g/mol. The number of hydrogen-bond donors (Lipinski definition) is 2. The third-order valence-corrected chi connectivity index (χ3v) is 2.37. The highest BCUT2D eigenvalue weighted by Crippen LogP contribution is 2.24. The molecule has 2 rings (SSSR count). The number of aliphatic hydroxyl groups excluding tert-OH is 1. The van der Waals surface area contributed by atoms with Gasteiger partial charge in [0.05, 0.1) is 12.7 Å². The number of H-pyrrole nitrogens is 1. The first kappa shape index (κ1) is 10.1. The average Bonchev–Trinajstić information content (AvgIpc) is 2.61. The van der Waals surface area contributed by atoms with Crippen LogP contribution in [0.5, 0.6) is 5.75 Å². The second-order valence-corrected chi connectivity index (χ2v) is 3.58. The van der Waals surface area contributed by atoms with E-state index in [2.05, 4.69) is 4.98 Å². The Morgan fingerprint density at radius 3 is 2.87 bits per heavy atom. The van der Waals surface area contributed by atoms with Crippen LogP contribution in [0.3, 0.4) is 0 Å². The van der Waals surface area contributed by atoms with Gasteiger partial charge in [0.2, 0.25) is 0 Å². The topological polar surface area (TPSA) is 45.2 Å². The van der Waals surface area contributed by atoms with Gasteiger partial charge in [0.1, 0.15) is 5.75 Å². The molecule has 0 aliphatic rings. The zero-order chi connectivity index (χ0) is 10.8. The number of aromatic amines is 1. The number of nitrogens with one attached hydrogen (secondary N) is 1. The molecule has 1 heterocycles. The minimum absolute atomic E-state index is 0.465. The molecule has 1 aromatic carbocycles. The fourth-order valence-electron chi connectivity index (χ4n) is 1.61. The first-order chi connectivity index (χ1) is 7.20. The SMILES string of the molecule is CCOc1ccc2[nH]c(C(C)O)cc2c1. The third-order valence-electron chi connectivity index (χ3n) is 2.37. The van der Waals surface area contributed by atoms with Crippen molar-refractivity contribution in [3.05, 3.63) is 30.0 Å². The van der Waals surface area contributed by atoms with Crippen LogP contribution in [-0.4, -0.2) is 16.7 Å². The van der Waals surface area contributed by atoms with Crippen molar-refractivity contribution in [1.82, 2.24) is 4.98 Å². The largest absolute Gasteiger partial charge is 0.494 e. The summed E-state index contributed by atoms with van der Waals surface area (Å²) in [6, 6.07) is 7.81. The summed E-state index contributed by atoms with van der Waals surface area (Å²) >= 11 is 0. The molecule has 2 N–H and O–H groups in total. The maximum absolute atomic E-state index is 9.43. The van der Waals surface area contributed by atoms with Gasteiger partial charge in [-0.15, -0.1) is 0 Å². The lowest BCUT2D eigenvalue weighted by Gasteiger charge is -2.01. The molecular weight excluding hydrogens is 190 g/mol. The lowest BCUT2D eigenvalue weighted by atomic mass is 10.2. The van der Waals surface area contributed by atoms with Crippen molar-refractivity contribution in [1.29, 1.82) is 0 Å². The van der Waals surface area contributed by atoms with Gasteiger partial charge < -0.3 is 14.8 Å². The van der Waals surface area contributed by atoms with Gasteiger partial charge in [-0.1, -0.05) is 0 Å². The molecule has 3 nitrogen and oxygen atoms in total. The summed E-state index contributed by atoms with van der Waals surface area (Å²) in [5.41, 5.74) is 1.85. The van der Waals surface area contributed by atoms with E-state index in [0.717, 1.165) is 22.3 Å². The van der Waals surface area contributed by atoms with Crippen LogP contribution in [0, 0.1) is 0 Å². The number of benzene rings is 1. The fourth-order valence-corrected chi connectivity index (χ4v) is 1.61. The number of ether oxygens (including phenoxy) is 1. The van der Waals surface area contributed by atoms with Crippen molar-refractivity contribution < 1.29 is 9.84 Å². The number of hydrogen-bond acceptors (Lipinski definition) is 2. The summed E-state index contributed by atoms with van der Waals surface area (Å²) in [4.78, 5) is 3.16. The molecule has 0 aliphatic carbocycles. The summed E-state index contributed by atoms with van der Waals surface area (Å²) in [5.74, 6) is 0.862. The molecular formula is C12H15NO2. The van der Waals surface area contributed by atoms with Gasteiger partial charge in [0.25, 0.3) is 0 Å². The van der Waals surface area contributed by atoms with E-state index >= 15 is 0 Å². The second-order valence-electron chi connectivity index (χ2n) is 3.58. The Balaban J connectivity index is 2.43. The molecule has 0 fully saturated rings. The van der Waals surface area contributed by atoms with Crippen LogP contribution in [0.2, 0.25) is 0 Å². The number of rotatable bonds is 3. The zero-order valence-electron chi connectivity index (χ0n) is 8.95. The zero-order valence-corrected chi connectivity index (χ0v) is 8.95. The van der Waals surface area contributed by atoms with Crippen LogP contribution in [0.1, 0.15) is 25.6 Å². The minimum Gasteiger partial charge on any atom is -0.494 e. The summed E-state index contributed by atoms with van der Waals surface area (Å²) in [6.07, 6.45) is -0.465. The molecule has 0 spiro atoms. The van der Waals surface area contributed by atoms with Crippen LogP contribution in [0.15, 0.2) is 24.3 Å². The van der Waals surface area contributed by atoms with Gasteiger partial charge in [-0.05, 0) is 38.1 Å². The maximum atomic E-state index is 9.43. The Labute approximate surface area is 88.7 Å². The number of aromatic nitrogens is 1. The predicted molar refractivity (Wildman–Crippen MR) is 60.1 cm³/mol. The van der Waals surface area contributed by atoms with Crippen LogP contribution in [0.25, 0.3) is 10.9 Å². The maximum Gasteiger partial charge on any atom is 0.120 e. The molecule has 1 atom stereocenters. The first-order valence-electron chi connectivity index (χ1n) is 5.14. The quantitative estimate of drug-likeness (QED) is 0.809. The Bertz CT molecular complexity index is 460. The Hall–Kier alpha value is -1.48. The summed E-state index contributed by atoms with van der Waals surface area (Å²) < 4.78 is 5.41. The van der Waals surface area contributed by atoms with Crippen molar-refractivity contribution in [2.24, 2.45) is 0 Å². The van der Waals surface area contributed by atoms with E-state index in [-0.39, 0.29) is 0 Å². The van der Waals surface area contributed by atoms with E-state index in [4.69, 9.17) is 4.74 Å². The van der Waals surface area contributed by atoms with Gasteiger partial charge >= 0.3 is 0 Å². The molecule has 1 unspecified atom stereocenters. The number of aliphatic hydroxyl groups is 1. The molecule has 0 bridgehead atoms. The van der Waals surface area contributed by atoms with E-state index in [0.29, 0.717) is 6.61 Å². The van der Waals surface area contributed by atoms with E-state index in [9.17, 15) is 5.11 Å². The smallest absolute Gasteiger partial charge is 0.120 e. The Morgan fingerprint density at radius 1 is 1.40 bits per heavy atom. The second kappa shape index (κ2) is 3.95. The van der Waals surface area contributed by atoms with Gasteiger partial charge in [0.15, 0.2) is 0 Å². The first-order valence-corrected chi connectivity index (χ1v) is 5.14. The van der Waals surface area contributed by atoms with E-state index < -0.39 is 6.10 Å². The van der Waals surface area contributed by atoms with Gasteiger partial charge in [-0.3, -0.25) is 0 Å². The van der Waals surface area contributed by atoms with Crippen molar-refractivity contribution in [3.63, 3.8) is 0 Å². The van der Waals surface area contributed by atoms with Crippen molar-refractivity contribution >= 4 is 10.9 Å². The lowest BCUT2D eigenvalue weighted by molar-refractivity contribution is 0.195. The molecule has 0 saturated carbocycles. The van der Waals surface area contributed by atoms with E-state index in [1.165, 1.54) is 0 Å². The van der Waals surface area contributed by atoms with E-state index in [1.54, 1.807) is 6.92 Å². The summed E-state index contributed by atoms with van der Waals surface area (Å²) in [6.45, 7) is 4.37. The third kappa shape index (κ3) is 1.97. The van der Waals surface area contributed by atoms with Gasteiger partial charge in [0, 0.05) is 16.6 Å². The molecule has 2 aromatic rings. The highest BCUT2D eigenvalue weighted by molar-refractivity contribution is 5.82. The van der Waals surface area contributed by atoms with Gasteiger partial charge in [-0.2, -0.15) is 0 Å². The predicted octanol–water partition coefficient (Wildman–Crippen LogP) is 2.62. The molecule has 3 heteroatoms. The molecule has 1 aromatic heterocycles. The normalized spacial score (nSPS) is 13.0. The highest BCUT2D eigenvalue weighted by atomic mass is 16.5. The molecule has 0 amide bonds. The molecule has 0 radical (unpaired) electrons. The van der Waals surface area contributed by atoms with Crippen LogP contribution >= 0.6 is 0 Å². The Kier molecular flexibility index (Phi) is 2.64. The lowest BCUT2D eigenvalue weighted by Crippen LogP contribution is -1.90. The molecule has 0 saturated heterocycles. The highest BCUT2D eigenvalue weighted by Gasteiger charge is 2.06. The molecule has 15 heavy (non-hydrogen) atoms. The molecule has 0 aliphatic heterocycles. The van der Waals surface area contributed by atoms with Crippen molar-refractivity contribution in [2.45, 2.75) is 20.0 Å². The van der Waals surface area contributed by atoms with Crippen LogP contribution in [-0.2, 0) is 0 Å². The fraction of sp³-hybridized carbons (Fsp3) is 0.333. The summed E-state index contributed by atoms with van der Waals surface area (Å²) in [5, 5.41) is 10.5. The van der Waals surface area contributed by atoms with Crippen molar-refractivity contribution in [3.8, 4) is 5.75 Å². The van der Waals surface area contributed by atoms with E-state index in [1.807, 2.05) is 31.2 Å². The van der Waals surface area contributed by atoms with Gasteiger partial charge in [-0.25, -0.2) is 0 Å². The summed E-state index contributed by atoms with van der Waals surface area (Å²) in [7, 11) is 0.